The number of amides is 1. The molecule has 0 saturated carbocycles. The summed E-state index contributed by atoms with van der Waals surface area (Å²) in [6.45, 7) is 3.15. The maximum atomic E-state index is 10.1. The van der Waals surface area contributed by atoms with Gasteiger partial charge in [-0.1, -0.05) is 0 Å². The van der Waals surface area contributed by atoms with E-state index in [9.17, 15) is 4.79 Å². The number of carbonyl (C=O) groups excluding carboxylic acids is 1. The van der Waals surface area contributed by atoms with Crippen LogP contribution >= 0.6 is 0 Å². The number of hydrogen-bond acceptors (Lipinski definition) is 1. The average molecular weight is 275 g/mol. The molecule has 90 valence electrons. The molecule has 15 heavy (non-hydrogen) atoms. The third-order valence-corrected chi connectivity index (χ3v) is 3.32. The van der Waals surface area contributed by atoms with Gasteiger partial charge < -0.3 is 5.32 Å². The van der Waals surface area contributed by atoms with Crippen LogP contribution in [0.15, 0.2) is 0 Å². The van der Waals surface area contributed by atoms with Gasteiger partial charge in [0.25, 0.3) is 0 Å². The van der Waals surface area contributed by atoms with Crippen molar-refractivity contribution in [3.05, 3.63) is 0 Å². The molecule has 0 aromatic carbocycles. The summed E-state index contributed by atoms with van der Waals surface area (Å²) in [5, 5.41) is 4.11. The molecule has 1 fully saturated rings. The Balaban J connectivity index is 0.000000280. The van der Waals surface area contributed by atoms with Crippen LogP contribution in [0.4, 0.5) is 0 Å². The van der Waals surface area contributed by atoms with E-state index >= 15 is 0 Å². The summed E-state index contributed by atoms with van der Waals surface area (Å²) in [7, 11) is 0. The molecule has 3 heteroatoms. The third kappa shape index (κ3) is 12.0. The van der Waals surface area contributed by atoms with Crippen LogP contribution < -0.4 is 5.32 Å². The van der Waals surface area contributed by atoms with Gasteiger partial charge in [0.05, 0.1) is 0 Å². The molecule has 1 heterocycles. The van der Waals surface area contributed by atoms with Gasteiger partial charge in [0.2, 0.25) is 5.91 Å². The van der Waals surface area contributed by atoms with Crippen LogP contribution in [0.3, 0.4) is 0 Å². The summed E-state index contributed by atoms with van der Waals surface area (Å²) in [6.07, 6.45) is 10.4. The van der Waals surface area contributed by atoms with Crippen LogP contribution in [0.1, 0.15) is 58.3 Å². The summed E-state index contributed by atoms with van der Waals surface area (Å²) in [4.78, 5) is 10.1. The fraction of sp³-hybridized carbons (Fsp3) is 0.917. The van der Waals surface area contributed by atoms with Gasteiger partial charge in [-0.25, -0.2) is 0 Å². The first-order valence-corrected chi connectivity index (χ1v) is 7.99. The molecule has 1 unspecified atom stereocenters. The largest absolute Gasteiger partial charge is 0.356 e. The Bertz CT molecular complexity index is 137. The van der Waals surface area contributed by atoms with Crippen molar-refractivity contribution in [2.75, 3.05) is 6.54 Å². The smallest absolute Gasteiger partial charge is 0.220 e. The maximum absolute atomic E-state index is 10.1. The normalized spacial score (nSPS) is 14.4. The van der Waals surface area contributed by atoms with Crippen LogP contribution in [-0.4, -0.2) is 29.3 Å². The van der Waals surface area contributed by atoms with Gasteiger partial charge in [-0.05, 0) is 6.42 Å². The molecule has 1 aliphatic rings. The van der Waals surface area contributed by atoms with Crippen LogP contribution in [0, 0.1) is 0 Å². The number of carbonyl (C=O) groups is 1. The molecule has 1 rings (SSSR count). The molecular formula is C12H26AsNO. The summed E-state index contributed by atoms with van der Waals surface area (Å²) in [5.74, 6) is 0.204. The van der Waals surface area contributed by atoms with Crippen LogP contribution in [0.5, 0.6) is 0 Å². The van der Waals surface area contributed by atoms with Gasteiger partial charge in [-0.3, -0.25) is 4.79 Å². The van der Waals surface area contributed by atoms with E-state index in [0.29, 0.717) is 0 Å². The molecule has 0 aromatic heterocycles. The molecule has 1 atom stereocenters. The fourth-order valence-corrected chi connectivity index (χ4v) is 2.10. The second-order valence-electron chi connectivity index (χ2n) is 4.01. The first-order chi connectivity index (χ1) is 7.31. The van der Waals surface area contributed by atoms with Crippen molar-refractivity contribution in [2.24, 2.45) is 0 Å². The Kier molecular flexibility index (Phi) is 12.1. The van der Waals surface area contributed by atoms with Crippen molar-refractivity contribution in [3.8, 4) is 0 Å². The Morgan fingerprint density at radius 3 is 2.27 bits per heavy atom. The van der Waals surface area contributed by atoms with Gasteiger partial charge in [0.15, 0.2) is 0 Å². The Morgan fingerprint density at radius 2 is 1.87 bits per heavy atom. The summed E-state index contributed by atoms with van der Waals surface area (Å²) in [5.41, 5.74) is 0. The zero-order valence-corrected chi connectivity index (χ0v) is 12.5. The van der Waals surface area contributed by atoms with Gasteiger partial charge in [-0.15, -0.1) is 0 Å². The van der Waals surface area contributed by atoms with Gasteiger partial charge in [0.1, 0.15) is 0 Å². The maximum Gasteiger partial charge on any atom is 0.220 e. The number of hydrogen-bond donors (Lipinski definition) is 1. The Labute approximate surface area is 103 Å². The van der Waals surface area contributed by atoms with Crippen molar-refractivity contribution >= 4 is 22.8 Å². The van der Waals surface area contributed by atoms with E-state index in [4.69, 9.17) is 0 Å². The SMILES string of the molecule is CCCCCCCC[AsH2].O=C1CCCN1. The predicted octanol–water partition coefficient (Wildman–Crippen LogP) is 2.29. The van der Waals surface area contributed by atoms with E-state index in [1.54, 1.807) is 0 Å². The van der Waals surface area contributed by atoms with Crippen molar-refractivity contribution in [2.45, 2.75) is 63.5 Å². The van der Waals surface area contributed by atoms with Crippen molar-refractivity contribution < 1.29 is 4.79 Å². The zero-order chi connectivity index (χ0) is 11.4. The van der Waals surface area contributed by atoms with E-state index < -0.39 is 0 Å². The minimum absolute atomic E-state index is 0.204. The monoisotopic (exact) mass is 275 g/mol. The Hall–Kier alpha value is 0.0284. The third-order valence-electron chi connectivity index (χ3n) is 2.46. The van der Waals surface area contributed by atoms with Gasteiger partial charge >= 0.3 is 67.5 Å². The Morgan fingerprint density at radius 1 is 1.20 bits per heavy atom. The van der Waals surface area contributed by atoms with E-state index in [2.05, 4.69) is 12.2 Å². The number of rotatable bonds is 6. The topological polar surface area (TPSA) is 29.1 Å². The summed E-state index contributed by atoms with van der Waals surface area (Å²) < 4.78 is 0. The molecular weight excluding hydrogens is 249 g/mol. The minimum atomic E-state index is 0.204. The van der Waals surface area contributed by atoms with Gasteiger partial charge in [-0.2, -0.15) is 0 Å². The van der Waals surface area contributed by atoms with E-state index in [1.165, 1.54) is 43.7 Å². The molecule has 0 spiro atoms. The predicted molar refractivity (Wildman–Crippen MR) is 69.0 cm³/mol. The molecule has 0 aliphatic carbocycles. The fourth-order valence-electron chi connectivity index (χ4n) is 1.49. The molecule has 1 aliphatic heterocycles. The van der Waals surface area contributed by atoms with Crippen molar-refractivity contribution in [1.82, 2.24) is 5.32 Å². The van der Waals surface area contributed by atoms with Crippen molar-refractivity contribution in [3.63, 3.8) is 0 Å². The molecule has 2 nitrogen and oxygen atoms in total. The van der Waals surface area contributed by atoms with E-state index in [-0.39, 0.29) is 5.91 Å². The minimum Gasteiger partial charge on any atom is -0.356 e. The molecule has 0 aromatic rings. The van der Waals surface area contributed by atoms with E-state index in [1.807, 2.05) is 16.9 Å². The first kappa shape index (κ1) is 15.0. The van der Waals surface area contributed by atoms with Crippen molar-refractivity contribution in [1.29, 1.82) is 0 Å². The molecule has 1 N–H and O–H groups in total. The van der Waals surface area contributed by atoms with Gasteiger partial charge in [0, 0.05) is 13.0 Å². The van der Waals surface area contributed by atoms with E-state index in [0.717, 1.165) is 19.4 Å². The average Bonchev–Trinajstić information content (AvgIpc) is 2.70. The number of nitrogens with one attached hydrogen (secondary N) is 1. The standard InChI is InChI=1S/C8H19As.C4H7NO/c1-2-3-4-5-6-7-8-9;6-4-2-1-3-5-4/h2-9H2,1H3;1-3H2,(H,5,6). The molecule has 0 radical (unpaired) electrons. The second kappa shape index (κ2) is 12.1. The summed E-state index contributed by atoms with van der Waals surface area (Å²) in [6, 6.07) is 0. The summed E-state index contributed by atoms with van der Waals surface area (Å²) >= 11 is 1.88. The molecule has 0 bridgehead atoms. The van der Waals surface area contributed by atoms with Crippen LogP contribution in [0.25, 0.3) is 0 Å². The zero-order valence-electron chi connectivity index (χ0n) is 10.1. The van der Waals surface area contributed by atoms with Crippen LogP contribution in [-0.2, 0) is 4.79 Å². The molecule has 1 saturated heterocycles. The molecule has 1 amide bonds. The van der Waals surface area contributed by atoms with Crippen LogP contribution in [0.2, 0.25) is 5.21 Å². The number of unbranched alkanes of at least 4 members (excludes halogenated alkanes) is 5. The second-order valence-corrected chi connectivity index (χ2v) is 5.22. The quantitative estimate of drug-likeness (QED) is 0.585. The first-order valence-electron chi connectivity index (χ1n) is 6.28.